The first-order chi connectivity index (χ1) is 9.67. The minimum absolute atomic E-state index is 0.105. The van der Waals surface area contributed by atoms with Crippen LogP contribution in [-0.2, 0) is 14.8 Å². The van der Waals surface area contributed by atoms with E-state index in [1.165, 1.54) is 6.07 Å². The highest BCUT2D eigenvalue weighted by atomic mass is 32.2. The lowest BCUT2D eigenvalue weighted by Gasteiger charge is -2.18. The van der Waals surface area contributed by atoms with Gasteiger partial charge in [0.1, 0.15) is 11.3 Å². The van der Waals surface area contributed by atoms with Crippen LogP contribution in [0.15, 0.2) is 23.1 Å². The highest BCUT2D eigenvalue weighted by Crippen LogP contribution is 2.22. The van der Waals surface area contributed by atoms with E-state index in [9.17, 15) is 18.3 Å². The van der Waals surface area contributed by atoms with Crippen molar-refractivity contribution >= 4 is 16.0 Å². The number of nitrogens with one attached hydrogen (secondary N) is 1. The summed E-state index contributed by atoms with van der Waals surface area (Å²) < 4.78 is 31.5. The van der Waals surface area contributed by atoms with E-state index in [0.29, 0.717) is 6.54 Å². The third-order valence-electron chi connectivity index (χ3n) is 2.68. The first-order valence-electron chi connectivity index (χ1n) is 6.25. The van der Waals surface area contributed by atoms with Crippen LogP contribution >= 0.6 is 0 Å². The number of carbonyl (C=O) groups excluding carboxylic acids is 1. The number of phenolic OH excluding ortho intramolecular Hbond substituents is 1. The number of carbonyl (C=O) groups is 1. The quantitative estimate of drug-likeness (QED) is 0.738. The summed E-state index contributed by atoms with van der Waals surface area (Å²) >= 11 is 0. The van der Waals surface area contributed by atoms with Gasteiger partial charge in [-0.3, -0.25) is 0 Å². The Morgan fingerprint density at radius 2 is 2.05 bits per heavy atom. The maximum atomic E-state index is 12.2. The molecule has 0 radical (unpaired) electrons. The molecule has 0 aliphatic rings. The smallest absolute Gasteiger partial charge is 0.341 e. The molecule has 0 fully saturated rings. The summed E-state index contributed by atoms with van der Waals surface area (Å²) in [6, 6.07) is 3.16. The number of aromatic hydroxyl groups is 1. The number of ether oxygens (including phenoxy) is 1. The number of nitrogens with zero attached hydrogens (tertiary/aromatic N) is 1. The van der Waals surface area contributed by atoms with Gasteiger partial charge in [-0.1, -0.05) is 0 Å². The Labute approximate surface area is 124 Å². The van der Waals surface area contributed by atoms with Crippen LogP contribution in [0, 0.1) is 0 Å². The zero-order chi connectivity index (χ0) is 16.2. The Balaban J connectivity index is 3.06. The molecule has 0 saturated heterocycles. The Morgan fingerprint density at radius 1 is 1.43 bits per heavy atom. The average Bonchev–Trinajstić information content (AvgIpc) is 2.36. The predicted molar refractivity (Wildman–Crippen MR) is 77.8 cm³/mol. The minimum atomic E-state index is -3.78. The number of methoxy groups -OCH3 is 1. The van der Waals surface area contributed by atoms with E-state index in [-0.39, 0.29) is 22.3 Å². The topological polar surface area (TPSA) is 95.9 Å². The van der Waals surface area contributed by atoms with Crippen molar-refractivity contribution in [3.63, 3.8) is 0 Å². The number of rotatable bonds is 6. The molecule has 1 aromatic carbocycles. The second-order valence-corrected chi connectivity index (χ2v) is 6.67. The van der Waals surface area contributed by atoms with Crippen LogP contribution in [0.3, 0.4) is 0 Å². The molecule has 21 heavy (non-hydrogen) atoms. The standard InChI is InChI=1S/C13H20N2O5S/c1-9(8-15(2)3)14-21(18,19)10-5-6-12(16)11(7-10)13(17)20-4/h5-7,9,14,16H,8H2,1-4H3. The lowest BCUT2D eigenvalue weighted by atomic mass is 10.2. The fraction of sp³-hybridized carbons (Fsp3) is 0.462. The fourth-order valence-corrected chi connectivity index (χ4v) is 3.13. The van der Waals surface area contributed by atoms with E-state index in [0.717, 1.165) is 19.2 Å². The van der Waals surface area contributed by atoms with Gasteiger partial charge in [0.25, 0.3) is 0 Å². The van der Waals surface area contributed by atoms with E-state index < -0.39 is 16.0 Å². The summed E-state index contributed by atoms with van der Waals surface area (Å²) in [7, 11) is 1.04. The molecule has 1 rings (SSSR count). The first-order valence-corrected chi connectivity index (χ1v) is 7.74. The SMILES string of the molecule is COC(=O)c1cc(S(=O)(=O)NC(C)CN(C)C)ccc1O. The summed E-state index contributed by atoms with van der Waals surface area (Å²) in [5, 5.41) is 9.58. The lowest BCUT2D eigenvalue weighted by molar-refractivity contribution is 0.0597. The van der Waals surface area contributed by atoms with Crippen molar-refractivity contribution in [1.29, 1.82) is 0 Å². The molecule has 0 heterocycles. The van der Waals surface area contributed by atoms with Crippen LogP contribution in [-0.4, -0.2) is 58.2 Å². The number of likely N-dealkylation sites (N-methyl/N-ethyl adjacent to an activating group) is 1. The maximum Gasteiger partial charge on any atom is 0.341 e. The fourth-order valence-electron chi connectivity index (χ4n) is 1.87. The highest BCUT2D eigenvalue weighted by molar-refractivity contribution is 7.89. The second kappa shape index (κ2) is 6.88. The third-order valence-corrected chi connectivity index (χ3v) is 4.27. The average molecular weight is 316 g/mol. The van der Waals surface area contributed by atoms with Gasteiger partial charge in [0.15, 0.2) is 0 Å². The van der Waals surface area contributed by atoms with Crippen LogP contribution in [0.4, 0.5) is 0 Å². The third kappa shape index (κ3) is 4.69. The van der Waals surface area contributed by atoms with Gasteiger partial charge in [-0.15, -0.1) is 0 Å². The molecule has 0 bridgehead atoms. The monoisotopic (exact) mass is 316 g/mol. The molecule has 0 aliphatic carbocycles. The molecule has 7 nitrogen and oxygen atoms in total. The number of benzene rings is 1. The maximum absolute atomic E-state index is 12.2. The number of hydrogen-bond donors (Lipinski definition) is 2. The molecular weight excluding hydrogens is 296 g/mol. The Morgan fingerprint density at radius 3 is 2.57 bits per heavy atom. The second-order valence-electron chi connectivity index (χ2n) is 4.96. The first kappa shape index (κ1) is 17.4. The van der Waals surface area contributed by atoms with Crippen molar-refractivity contribution < 1.29 is 23.1 Å². The highest BCUT2D eigenvalue weighted by Gasteiger charge is 2.21. The molecule has 0 amide bonds. The zero-order valence-electron chi connectivity index (χ0n) is 12.5. The van der Waals surface area contributed by atoms with E-state index in [1.54, 1.807) is 6.92 Å². The zero-order valence-corrected chi connectivity index (χ0v) is 13.3. The number of esters is 1. The predicted octanol–water partition coefficient (Wildman–Crippen LogP) is 0.407. The Bertz CT molecular complexity index is 613. The van der Waals surface area contributed by atoms with Crippen molar-refractivity contribution in [2.24, 2.45) is 0 Å². The normalized spacial score (nSPS) is 13.2. The van der Waals surface area contributed by atoms with Crippen molar-refractivity contribution in [2.75, 3.05) is 27.7 Å². The molecule has 2 N–H and O–H groups in total. The Kier molecular flexibility index (Phi) is 5.70. The molecule has 8 heteroatoms. The molecule has 0 aliphatic heterocycles. The van der Waals surface area contributed by atoms with E-state index in [4.69, 9.17) is 0 Å². The molecule has 1 atom stereocenters. The number of phenols is 1. The summed E-state index contributed by atoms with van der Waals surface area (Å²) in [5.74, 6) is -1.13. The van der Waals surface area contributed by atoms with E-state index in [2.05, 4.69) is 9.46 Å². The molecular formula is C13H20N2O5S. The van der Waals surface area contributed by atoms with Gasteiger partial charge in [-0.05, 0) is 39.2 Å². The van der Waals surface area contributed by atoms with Crippen LogP contribution in [0.2, 0.25) is 0 Å². The van der Waals surface area contributed by atoms with Crippen LogP contribution in [0.5, 0.6) is 5.75 Å². The summed E-state index contributed by atoms with van der Waals surface area (Å²) in [4.78, 5) is 13.2. The minimum Gasteiger partial charge on any atom is -0.507 e. The molecule has 0 saturated carbocycles. The van der Waals surface area contributed by atoms with Crippen LogP contribution in [0.1, 0.15) is 17.3 Å². The summed E-state index contributed by atoms with van der Waals surface area (Å²) in [6.45, 7) is 2.26. The largest absolute Gasteiger partial charge is 0.507 e. The van der Waals surface area contributed by atoms with Gasteiger partial charge in [-0.2, -0.15) is 0 Å². The Hall–Kier alpha value is -1.64. The molecule has 0 aromatic heterocycles. The van der Waals surface area contributed by atoms with Gasteiger partial charge in [0, 0.05) is 12.6 Å². The molecule has 1 aromatic rings. The van der Waals surface area contributed by atoms with Crippen LogP contribution in [0.25, 0.3) is 0 Å². The number of hydrogen-bond acceptors (Lipinski definition) is 6. The molecule has 1 unspecified atom stereocenters. The van der Waals surface area contributed by atoms with Gasteiger partial charge in [0.2, 0.25) is 10.0 Å². The van der Waals surface area contributed by atoms with E-state index >= 15 is 0 Å². The number of sulfonamides is 1. The van der Waals surface area contributed by atoms with Gasteiger partial charge in [0.05, 0.1) is 12.0 Å². The summed E-state index contributed by atoms with van der Waals surface area (Å²) in [6.07, 6.45) is 0. The van der Waals surface area contributed by atoms with Crippen molar-refractivity contribution in [3.05, 3.63) is 23.8 Å². The van der Waals surface area contributed by atoms with Crippen molar-refractivity contribution in [2.45, 2.75) is 17.9 Å². The van der Waals surface area contributed by atoms with Crippen molar-refractivity contribution in [1.82, 2.24) is 9.62 Å². The molecule has 118 valence electrons. The van der Waals surface area contributed by atoms with Gasteiger partial charge in [-0.25, -0.2) is 17.9 Å². The van der Waals surface area contributed by atoms with Gasteiger partial charge < -0.3 is 14.7 Å². The van der Waals surface area contributed by atoms with Crippen molar-refractivity contribution in [3.8, 4) is 5.75 Å². The summed E-state index contributed by atoms with van der Waals surface area (Å²) in [5.41, 5.74) is -0.194. The molecule has 0 spiro atoms. The van der Waals surface area contributed by atoms with Crippen LogP contribution < -0.4 is 4.72 Å². The van der Waals surface area contributed by atoms with E-state index in [1.807, 2.05) is 19.0 Å². The van der Waals surface area contributed by atoms with Gasteiger partial charge >= 0.3 is 5.97 Å². The lowest BCUT2D eigenvalue weighted by Crippen LogP contribution is -2.39.